The zero-order valence-corrected chi connectivity index (χ0v) is 12.7. The van der Waals surface area contributed by atoms with Crippen LogP contribution in [0.3, 0.4) is 0 Å². The maximum absolute atomic E-state index is 13.1. The summed E-state index contributed by atoms with van der Waals surface area (Å²) in [6.07, 6.45) is -4.01. The highest BCUT2D eigenvalue weighted by Crippen LogP contribution is 2.34. The van der Waals surface area contributed by atoms with Crippen molar-refractivity contribution in [1.82, 2.24) is 4.90 Å². The number of likely N-dealkylation sites (tertiary alicyclic amines) is 1. The van der Waals surface area contributed by atoms with Crippen molar-refractivity contribution in [3.63, 3.8) is 0 Å². The molecule has 1 saturated heterocycles. The van der Waals surface area contributed by atoms with Gasteiger partial charge in [-0.3, -0.25) is 4.90 Å². The molecule has 0 aromatic heterocycles. The van der Waals surface area contributed by atoms with Crippen LogP contribution in [-0.2, 0) is 18.1 Å². The summed E-state index contributed by atoms with van der Waals surface area (Å²) in [5.41, 5.74) is 0.418. The Labute approximate surface area is 123 Å². The van der Waals surface area contributed by atoms with Crippen molar-refractivity contribution in [3.8, 4) is 0 Å². The Bertz CT molecular complexity index is 473. The molecule has 1 aromatic rings. The summed E-state index contributed by atoms with van der Waals surface area (Å²) in [6.45, 7) is 7.43. The molecule has 0 saturated carbocycles. The van der Waals surface area contributed by atoms with Crippen molar-refractivity contribution in [3.05, 3.63) is 34.9 Å². The number of β-amino-alcohol motifs (C(OH)–C–C–N with tert-alkyl or cyclic N) is 1. The number of nitrogens with zero attached hydrogens (tertiary/aromatic N) is 1. The van der Waals surface area contributed by atoms with E-state index < -0.39 is 11.7 Å². The number of alkyl halides is 3. The number of hydrogen-bond acceptors (Lipinski definition) is 2. The van der Waals surface area contributed by atoms with E-state index in [1.807, 2.05) is 31.7 Å². The topological polar surface area (TPSA) is 23.5 Å². The van der Waals surface area contributed by atoms with E-state index in [2.05, 4.69) is 0 Å². The van der Waals surface area contributed by atoms with Gasteiger partial charge in [0.1, 0.15) is 0 Å². The predicted octanol–water partition coefficient (Wildman–Crippen LogP) is 3.57. The number of halogens is 3. The summed E-state index contributed by atoms with van der Waals surface area (Å²) < 4.78 is 39.2. The van der Waals surface area contributed by atoms with Crippen LogP contribution < -0.4 is 0 Å². The van der Waals surface area contributed by atoms with Crippen LogP contribution in [0.15, 0.2) is 18.2 Å². The van der Waals surface area contributed by atoms with Crippen molar-refractivity contribution in [1.29, 1.82) is 0 Å². The Morgan fingerprint density at radius 1 is 1.14 bits per heavy atom. The SMILES string of the molecule is CC(C)(C)c1cc(CN2CC[C@H](O)C2)cc(C(F)(F)F)c1. The van der Waals surface area contributed by atoms with Gasteiger partial charge in [0.25, 0.3) is 0 Å². The van der Waals surface area contributed by atoms with Crippen molar-refractivity contribution >= 4 is 0 Å². The van der Waals surface area contributed by atoms with Crippen LogP contribution in [0.5, 0.6) is 0 Å². The van der Waals surface area contributed by atoms with Crippen LogP contribution >= 0.6 is 0 Å². The Kier molecular flexibility index (Phi) is 4.36. The first-order valence-corrected chi connectivity index (χ1v) is 7.18. The highest BCUT2D eigenvalue weighted by atomic mass is 19.4. The van der Waals surface area contributed by atoms with Gasteiger partial charge in [0.2, 0.25) is 0 Å². The molecular weight excluding hydrogens is 279 g/mol. The number of rotatable bonds is 2. The summed E-state index contributed by atoms with van der Waals surface area (Å²) in [6, 6.07) is 4.31. The minimum absolute atomic E-state index is 0.333. The number of aliphatic hydroxyl groups excluding tert-OH is 1. The highest BCUT2D eigenvalue weighted by molar-refractivity contribution is 5.35. The number of aliphatic hydroxyl groups is 1. The lowest BCUT2D eigenvalue weighted by Crippen LogP contribution is -2.22. The van der Waals surface area contributed by atoms with Gasteiger partial charge in [-0.2, -0.15) is 13.2 Å². The first-order valence-electron chi connectivity index (χ1n) is 7.18. The zero-order valence-electron chi connectivity index (χ0n) is 12.7. The van der Waals surface area contributed by atoms with Crippen LogP contribution in [0, 0.1) is 0 Å². The zero-order chi connectivity index (χ0) is 15.8. The van der Waals surface area contributed by atoms with E-state index in [1.165, 1.54) is 12.1 Å². The quantitative estimate of drug-likeness (QED) is 0.902. The molecular formula is C16H22F3NO. The molecule has 2 nitrogen and oxygen atoms in total. The normalized spacial score (nSPS) is 21.0. The molecule has 5 heteroatoms. The maximum atomic E-state index is 13.1. The van der Waals surface area contributed by atoms with Crippen molar-refractivity contribution in [2.24, 2.45) is 0 Å². The summed E-state index contributed by atoms with van der Waals surface area (Å²) in [4.78, 5) is 1.99. The van der Waals surface area contributed by atoms with E-state index in [-0.39, 0.29) is 11.5 Å². The van der Waals surface area contributed by atoms with Crippen molar-refractivity contribution in [2.75, 3.05) is 13.1 Å². The van der Waals surface area contributed by atoms with Crippen LogP contribution in [0.1, 0.15) is 43.9 Å². The molecule has 0 spiro atoms. The minimum atomic E-state index is -4.33. The Morgan fingerprint density at radius 3 is 2.24 bits per heavy atom. The second-order valence-electron chi connectivity index (χ2n) is 6.84. The molecule has 1 N–H and O–H groups in total. The molecule has 1 fully saturated rings. The predicted molar refractivity (Wildman–Crippen MR) is 76.0 cm³/mol. The summed E-state index contributed by atoms with van der Waals surface area (Å²) in [5.74, 6) is 0. The summed E-state index contributed by atoms with van der Waals surface area (Å²) >= 11 is 0. The van der Waals surface area contributed by atoms with Crippen LogP contribution in [0.2, 0.25) is 0 Å². The average molecular weight is 301 g/mol. The molecule has 1 heterocycles. The lowest BCUT2D eigenvalue weighted by Gasteiger charge is -2.23. The second kappa shape index (κ2) is 5.61. The van der Waals surface area contributed by atoms with Gasteiger partial charge in [0.05, 0.1) is 11.7 Å². The third-order valence-corrected chi connectivity index (χ3v) is 3.84. The van der Waals surface area contributed by atoms with Crippen LogP contribution in [-0.4, -0.2) is 29.2 Å². The number of benzene rings is 1. The van der Waals surface area contributed by atoms with E-state index in [4.69, 9.17) is 0 Å². The Balaban J connectivity index is 2.31. The van der Waals surface area contributed by atoms with Gasteiger partial charge < -0.3 is 5.11 Å². The first-order chi connectivity index (χ1) is 9.55. The van der Waals surface area contributed by atoms with Gasteiger partial charge in [-0.1, -0.05) is 26.8 Å². The van der Waals surface area contributed by atoms with Gasteiger partial charge in [-0.05, 0) is 35.1 Å². The Morgan fingerprint density at radius 2 is 1.76 bits per heavy atom. The smallest absolute Gasteiger partial charge is 0.392 e. The second-order valence-corrected chi connectivity index (χ2v) is 6.84. The molecule has 1 atom stereocenters. The fourth-order valence-corrected chi connectivity index (χ4v) is 2.59. The van der Waals surface area contributed by atoms with Gasteiger partial charge in [0, 0.05) is 19.6 Å². The van der Waals surface area contributed by atoms with E-state index >= 15 is 0 Å². The molecule has 0 amide bonds. The summed E-state index contributed by atoms with van der Waals surface area (Å²) in [7, 11) is 0. The first kappa shape index (κ1) is 16.3. The molecule has 1 aliphatic heterocycles. The molecule has 1 aromatic carbocycles. The molecule has 2 rings (SSSR count). The third kappa shape index (κ3) is 4.20. The van der Waals surface area contributed by atoms with E-state index in [0.29, 0.717) is 30.6 Å². The van der Waals surface area contributed by atoms with Crippen LogP contribution in [0.25, 0.3) is 0 Å². The lowest BCUT2D eigenvalue weighted by molar-refractivity contribution is -0.137. The molecule has 0 bridgehead atoms. The molecule has 118 valence electrons. The fourth-order valence-electron chi connectivity index (χ4n) is 2.59. The largest absolute Gasteiger partial charge is 0.416 e. The van der Waals surface area contributed by atoms with E-state index in [9.17, 15) is 18.3 Å². The standard InChI is InChI=1S/C16H22F3NO/c1-15(2,3)12-6-11(7-13(8-12)16(17,18)19)9-20-5-4-14(21)10-20/h6-8,14,21H,4-5,9-10H2,1-3H3/t14-/m0/s1. The molecule has 21 heavy (non-hydrogen) atoms. The van der Waals surface area contributed by atoms with Crippen molar-refractivity contribution < 1.29 is 18.3 Å². The summed E-state index contributed by atoms with van der Waals surface area (Å²) in [5, 5.41) is 9.52. The maximum Gasteiger partial charge on any atom is 0.416 e. The van der Waals surface area contributed by atoms with Crippen LogP contribution in [0.4, 0.5) is 13.2 Å². The number of hydrogen-bond donors (Lipinski definition) is 1. The van der Waals surface area contributed by atoms with Gasteiger partial charge in [0.15, 0.2) is 0 Å². The minimum Gasteiger partial charge on any atom is -0.392 e. The highest BCUT2D eigenvalue weighted by Gasteiger charge is 2.32. The van der Waals surface area contributed by atoms with Gasteiger partial charge in [-0.15, -0.1) is 0 Å². The van der Waals surface area contributed by atoms with E-state index in [1.54, 1.807) is 0 Å². The lowest BCUT2D eigenvalue weighted by atomic mass is 9.85. The Hall–Kier alpha value is -1.07. The third-order valence-electron chi connectivity index (χ3n) is 3.84. The van der Waals surface area contributed by atoms with E-state index in [0.717, 1.165) is 6.54 Å². The monoisotopic (exact) mass is 301 g/mol. The molecule has 0 unspecified atom stereocenters. The van der Waals surface area contributed by atoms with Gasteiger partial charge in [-0.25, -0.2) is 0 Å². The molecule has 1 aliphatic rings. The molecule has 0 aliphatic carbocycles. The van der Waals surface area contributed by atoms with Crippen molar-refractivity contribution in [2.45, 2.75) is 51.4 Å². The fraction of sp³-hybridized carbons (Fsp3) is 0.625. The molecule has 0 radical (unpaired) electrons. The average Bonchev–Trinajstić information content (AvgIpc) is 2.72. The van der Waals surface area contributed by atoms with Gasteiger partial charge >= 0.3 is 6.18 Å².